The molecule has 1 saturated heterocycles. The highest BCUT2D eigenvalue weighted by atomic mass is 35.5. The molecule has 0 unspecified atom stereocenters. The molecule has 0 spiro atoms. The van der Waals surface area contributed by atoms with Crippen LogP contribution >= 0.6 is 22.9 Å². The zero-order chi connectivity index (χ0) is 24.1. The van der Waals surface area contributed by atoms with Gasteiger partial charge in [-0.15, -0.1) is 11.3 Å². The number of carbonyl (C=O) groups excluding carboxylic acids is 3. The fourth-order valence-corrected chi connectivity index (χ4v) is 4.75. The number of nitrogens with one attached hydrogen (secondary N) is 3. The number of morpholine rings is 1. The molecule has 3 amide bonds. The zero-order valence-electron chi connectivity index (χ0n) is 18.4. The molecule has 2 aromatic rings. The summed E-state index contributed by atoms with van der Waals surface area (Å²) in [5, 5.41) is 8.71. The van der Waals surface area contributed by atoms with Crippen LogP contribution in [0.15, 0.2) is 30.3 Å². The maximum Gasteiger partial charge on any atom is 0.261 e. The lowest BCUT2D eigenvalue weighted by Gasteiger charge is -2.28. The van der Waals surface area contributed by atoms with Gasteiger partial charge in [0, 0.05) is 18.8 Å². The normalized spacial score (nSPS) is 17.2. The molecule has 0 radical (unpaired) electrons. The molecule has 182 valence electrons. The van der Waals surface area contributed by atoms with Crippen LogP contribution in [0.3, 0.4) is 0 Å². The summed E-state index contributed by atoms with van der Waals surface area (Å²) in [5.74, 6) is -1.13. The van der Waals surface area contributed by atoms with E-state index in [1.54, 1.807) is 18.2 Å². The Morgan fingerprint density at radius 3 is 2.74 bits per heavy atom. The number of amides is 3. The van der Waals surface area contributed by atoms with E-state index in [9.17, 15) is 18.8 Å². The minimum Gasteiger partial charge on any atom is -0.370 e. The second-order valence-electron chi connectivity index (χ2n) is 8.32. The van der Waals surface area contributed by atoms with Crippen molar-refractivity contribution in [3.05, 3.63) is 45.4 Å². The van der Waals surface area contributed by atoms with Gasteiger partial charge in [-0.25, -0.2) is 4.39 Å². The zero-order valence-corrected chi connectivity index (χ0v) is 20.0. The first kappa shape index (κ1) is 24.6. The summed E-state index contributed by atoms with van der Waals surface area (Å²) in [6.45, 7) is 1.24. The van der Waals surface area contributed by atoms with E-state index in [2.05, 4.69) is 16.0 Å². The Labute approximate surface area is 205 Å². The van der Waals surface area contributed by atoms with E-state index in [1.165, 1.54) is 23.5 Å². The number of hydrogen-bond donors (Lipinski definition) is 3. The third-order valence-electron chi connectivity index (χ3n) is 5.95. The maximum absolute atomic E-state index is 14.7. The van der Waals surface area contributed by atoms with Crippen molar-refractivity contribution in [1.29, 1.82) is 0 Å². The van der Waals surface area contributed by atoms with Gasteiger partial charge in [-0.05, 0) is 55.6 Å². The van der Waals surface area contributed by atoms with Gasteiger partial charge in [-0.2, -0.15) is 0 Å². The van der Waals surface area contributed by atoms with Crippen molar-refractivity contribution in [2.75, 3.05) is 43.1 Å². The van der Waals surface area contributed by atoms with Crippen LogP contribution in [0.5, 0.6) is 0 Å². The summed E-state index contributed by atoms with van der Waals surface area (Å²) in [6.07, 6.45) is 3.39. The van der Waals surface area contributed by atoms with Crippen molar-refractivity contribution >= 4 is 52.0 Å². The third-order valence-corrected chi connectivity index (χ3v) is 7.18. The van der Waals surface area contributed by atoms with Crippen LogP contribution in [0.4, 0.5) is 15.8 Å². The fraction of sp³-hybridized carbons (Fsp3) is 0.435. The van der Waals surface area contributed by atoms with E-state index >= 15 is 0 Å². The first-order chi connectivity index (χ1) is 16.4. The van der Waals surface area contributed by atoms with Gasteiger partial charge in [0.05, 0.1) is 21.5 Å². The molecular formula is C23H26ClFN4O4S. The Bertz CT molecular complexity index is 1060. The van der Waals surface area contributed by atoms with Crippen molar-refractivity contribution in [1.82, 2.24) is 10.6 Å². The van der Waals surface area contributed by atoms with Crippen molar-refractivity contribution in [3.8, 4) is 0 Å². The van der Waals surface area contributed by atoms with Gasteiger partial charge in [0.15, 0.2) is 0 Å². The number of hydrogen-bond acceptors (Lipinski definition) is 6. The molecule has 11 heteroatoms. The minimum absolute atomic E-state index is 0.0652. The summed E-state index contributed by atoms with van der Waals surface area (Å²) in [6, 6.07) is 6.77. The third kappa shape index (κ3) is 6.12. The number of thiophene rings is 1. The molecule has 1 aliphatic heterocycles. The topological polar surface area (TPSA) is 99.8 Å². The SMILES string of the molecule is O=C(NC[C@H](NCC1CCC1)C(=O)Nc1ccc(N2CCOCC2=O)c(F)c1)c1ccc(Cl)s1. The van der Waals surface area contributed by atoms with Crippen LogP contribution in [0, 0.1) is 11.7 Å². The van der Waals surface area contributed by atoms with Gasteiger partial charge in [-0.3, -0.25) is 14.4 Å². The smallest absolute Gasteiger partial charge is 0.261 e. The molecule has 1 aliphatic carbocycles. The number of carbonyl (C=O) groups is 3. The summed E-state index contributed by atoms with van der Waals surface area (Å²) in [5.41, 5.74) is 0.409. The minimum atomic E-state index is -0.705. The first-order valence-electron chi connectivity index (χ1n) is 11.2. The van der Waals surface area contributed by atoms with Crippen molar-refractivity contribution < 1.29 is 23.5 Å². The van der Waals surface area contributed by atoms with Crippen molar-refractivity contribution in [2.45, 2.75) is 25.3 Å². The number of benzene rings is 1. The van der Waals surface area contributed by atoms with Crippen LogP contribution in [-0.2, 0) is 14.3 Å². The summed E-state index contributed by atoms with van der Waals surface area (Å²) in [4.78, 5) is 39.2. The van der Waals surface area contributed by atoms with Gasteiger partial charge in [0.25, 0.3) is 11.8 Å². The van der Waals surface area contributed by atoms with Gasteiger partial charge in [0.1, 0.15) is 18.5 Å². The molecule has 4 rings (SSSR count). The fourth-order valence-electron chi connectivity index (χ4n) is 3.79. The van der Waals surface area contributed by atoms with Crippen molar-refractivity contribution in [2.24, 2.45) is 5.92 Å². The van der Waals surface area contributed by atoms with E-state index in [0.29, 0.717) is 28.3 Å². The lowest BCUT2D eigenvalue weighted by molar-refractivity contribution is -0.125. The van der Waals surface area contributed by atoms with Crippen LogP contribution < -0.4 is 20.9 Å². The van der Waals surface area contributed by atoms with Gasteiger partial charge >= 0.3 is 0 Å². The summed E-state index contributed by atoms with van der Waals surface area (Å²) < 4.78 is 20.3. The predicted octanol–water partition coefficient (Wildman–Crippen LogP) is 3.03. The Morgan fingerprint density at radius 1 is 1.26 bits per heavy atom. The van der Waals surface area contributed by atoms with Crippen LogP contribution in [0.1, 0.15) is 28.9 Å². The van der Waals surface area contributed by atoms with Crippen LogP contribution in [0.2, 0.25) is 4.34 Å². The quantitative estimate of drug-likeness (QED) is 0.483. The number of halogens is 2. The average molecular weight is 509 g/mol. The lowest BCUT2D eigenvalue weighted by atomic mass is 9.85. The standard InChI is InChI=1S/C23H26ClFN4O4S/c24-20-7-6-19(34-20)23(32)27-12-17(26-11-14-2-1-3-14)22(31)28-15-4-5-18(16(25)10-15)29-8-9-33-13-21(29)30/h4-7,10,14,17,26H,1-3,8-9,11-13H2,(H,27,32)(H,28,31)/t17-/m0/s1. The molecule has 1 atom stereocenters. The summed E-state index contributed by atoms with van der Waals surface area (Å²) in [7, 11) is 0. The number of rotatable bonds is 9. The number of anilines is 2. The Morgan fingerprint density at radius 2 is 2.09 bits per heavy atom. The van der Waals surface area contributed by atoms with E-state index in [-0.39, 0.29) is 42.9 Å². The monoisotopic (exact) mass is 508 g/mol. The molecule has 8 nitrogen and oxygen atoms in total. The van der Waals surface area contributed by atoms with Gasteiger partial charge in [0.2, 0.25) is 5.91 Å². The molecule has 1 saturated carbocycles. The Kier molecular flexibility index (Phi) is 8.15. The molecule has 1 aromatic carbocycles. The molecule has 2 heterocycles. The Balaban J connectivity index is 1.40. The van der Waals surface area contributed by atoms with Crippen molar-refractivity contribution in [3.63, 3.8) is 0 Å². The predicted molar refractivity (Wildman–Crippen MR) is 129 cm³/mol. The van der Waals surface area contributed by atoms with E-state index in [4.69, 9.17) is 16.3 Å². The number of ether oxygens (including phenoxy) is 1. The van der Waals surface area contributed by atoms with E-state index in [0.717, 1.165) is 24.2 Å². The highest BCUT2D eigenvalue weighted by molar-refractivity contribution is 7.18. The average Bonchev–Trinajstić information content (AvgIpc) is 3.22. The molecule has 0 bridgehead atoms. The highest BCUT2D eigenvalue weighted by Gasteiger charge is 2.25. The molecule has 34 heavy (non-hydrogen) atoms. The second kappa shape index (κ2) is 11.3. The van der Waals surface area contributed by atoms with Crippen LogP contribution in [-0.4, -0.2) is 56.6 Å². The molecule has 1 aromatic heterocycles. The van der Waals surface area contributed by atoms with Gasteiger partial charge < -0.3 is 25.6 Å². The maximum atomic E-state index is 14.7. The first-order valence-corrected chi connectivity index (χ1v) is 12.4. The van der Waals surface area contributed by atoms with Crippen LogP contribution in [0.25, 0.3) is 0 Å². The van der Waals surface area contributed by atoms with E-state index in [1.807, 2.05) is 0 Å². The largest absolute Gasteiger partial charge is 0.370 e. The second-order valence-corrected chi connectivity index (χ2v) is 10.0. The molecule has 2 aliphatic rings. The lowest BCUT2D eigenvalue weighted by Crippen LogP contribution is -2.50. The summed E-state index contributed by atoms with van der Waals surface area (Å²) >= 11 is 7.06. The van der Waals surface area contributed by atoms with Gasteiger partial charge in [-0.1, -0.05) is 18.0 Å². The highest BCUT2D eigenvalue weighted by Crippen LogP contribution is 2.26. The molecule has 3 N–H and O–H groups in total. The van der Waals surface area contributed by atoms with E-state index < -0.39 is 17.8 Å². The Hall–Kier alpha value is -2.53. The molecular weight excluding hydrogens is 483 g/mol. The number of nitrogens with zero attached hydrogens (tertiary/aromatic N) is 1. The molecule has 2 fully saturated rings.